The molecule has 0 aromatic rings. The van der Waals surface area contributed by atoms with Gasteiger partial charge in [0.15, 0.2) is 0 Å². The van der Waals surface area contributed by atoms with E-state index in [0.29, 0.717) is 25.9 Å². The number of nitrogens with one attached hydrogen (secondary N) is 1. The Morgan fingerprint density at radius 3 is 1.01 bits per heavy atom. The highest BCUT2D eigenvalue weighted by Gasteiger charge is 2.20. The lowest BCUT2D eigenvalue weighted by Crippen LogP contribution is -2.45. The van der Waals surface area contributed by atoms with Crippen molar-refractivity contribution in [2.45, 2.75) is 405 Å². The molecule has 1 amide bonds. The van der Waals surface area contributed by atoms with E-state index in [4.69, 9.17) is 4.74 Å². The Hall–Kier alpha value is -1.92. The van der Waals surface area contributed by atoms with Crippen LogP contribution in [0.15, 0.2) is 36.5 Å². The number of hydrogen-bond acceptors (Lipinski definition) is 5. The van der Waals surface area contributed by atoms with Gasteiger partial charge >= 0.3 is 5.97 Å². The summed E-state index contributed by atoms with van der Waals surface area (Å²) in [5.74, 6) is -0.0295. The van der Waals surface area contributed by atoms with Crippen molar-refractivity contribution in [2.24, 2.45) is 0 Å². The Labute approximate surface area is 494 Å². The van der Waals surface area contributed by atoms with Crippen molar-refractivity contribution < 1.29 is 24.5 Å². The molecule has 0 bridgehead atoms. The molecule has 0 saturated carbocycles. The summed E-state index contributed by atoms with van der Waals surface area (Å²) in [6.07, 6.45) is 87.6. The van der Waals surface area contributed by atoms with Crippen LogP contribution in [0.25, 0.3) is 0 Å². The minimum absolute atomic E-state index is 0.00162. The van der Waals surface area contributed by atoms with Crippen molar-refractivity contribution in [1.82, 2.24) is 5.32 Å². The Morgan fingerprint density at radius 2 is 0.646 bits per heavy atom. The number of rotatable bonds is 67. The molecule has 466 valence electrons. The summed E-state index contributed by atoms with van der Waals surface area (Å²) in [6, 6.07) is -0.543. The maximum absolute atomic E-state index is 12.5. The van der Waals surface area contributed by atoms with Crippen LogP contribution < -0.4 is 5.32 Å². The number of aliphatic hydroxyl groups is 2. The predicted molar refractivity (Wildman–Crippen MR) is 347 cm³/mol. The molecular weight excluding hydrogens is 971 g/mol. The third-order valence-corrected chi connectivity index (χ3v) is 16.7. The lowest BCUT2D eigenvalue weighted by atomic mass is 10.0. The monoisotopic (exact) mass is 1110 g/mol. The van der Waals surface area contributed by atoms with Gasteiger partial charge in [-0.05, 0) is 77.0 Å². The lowest BCUT2D eigenvalue weighted by molar-refractivity contribution is -0.143. The molecule has 0 aromatic heterocycles. The van der Waals surface area contributed by atoms with Crippen molar-refractivity contribution in [2.75, 3.05) is 13.2 Å². The number of unbranched alkanes of at least 4 members (excludes halogenated alkanes) is 50. The first-order valence-electron chi connectivity index (χ1n) is 35.7. The Morgan fingerprint density at radius 1 is 0.354 bits per heavy atom. The average Bonchev–Trinajstić information content (AvgIpc) is 3.45. The van der Waals surface area contributed by atoms with Crippen molar-refractivity contribution in [1.29, 1.82) is 0 Å². The van der Waals surface area contributed by atoms with Gasteiger partial charge in [-0.25, -0.2) is 0 Å². The van der Waals surface area contributed by atoms with Gasteiger partial charge in [-0.15, -0.1) is 0 Å². The molecule has 0 saturated heterocycles. The van der Waals surface area contributed by atoms with E-state index in [2.05, 4.69) is 55.6 Å². The van der Waals surface area contributed by atoms with Gasteiger partial charge in [0.1, 0.15) is 0 Å². The smallest absolute Gasteiger partial charge is 0.305 e. The first-order chi connectivity index (χ1) is 39.0. The molecule has 2 atom stereocenters. The summed E-state index contributed by atoms with van der Waals surface area (Å²) in [5.41, 5.74) is 0. The van der Waals surface area contributed by atoms with Crippen molar-refractivity contribution >= 4 is 11.9 Å². The van der Waals surface area contributed by atoms with Crippen LogP contribution in [-0.4, -0.2) is 47.4 Å². The average molecular weight is 1110 g/mol. The third-order valence-electron chi connectivity index (χ3n) is 16.7. The SMILES string of the molecule is CCCC/C=C\C/C=C\CCCCCCCC(=O)OCCCCCCCCCCCCCC/C=C\CCCCCCCCCCCCCCC(=O)NC(CO)C(O)CCCCCCCCCCCCCCCCCCCCCC. The third kappa shape index (κ3) is 65.1. The molecule has 6 heteroatoms. The molecule has 3 N–H and O–H groups in total. The van der Waals surface area contributed by atoms with Gasteiger partial charge in [0.05, 0.1) is 25.4 Å². The summed E-state index contributed by atoms with van der Waals surface area (Å²) in [5, 5.41) is 23.4. The number of ether oxygens (including phenoxy) is 1. The van der Waals surface area contributed by atoms with Crippen molar-refractivity contribution in [3.63, 3.8) is 0 Å². The van der Waals surface area contributed by atoms with Crippen LogP contribution in [0.3, 0.4) is 0 Å². The van der Waals surface area contributed by atoms with E-state index >= 15 is 0 Å². The van der Waals surface area contributed by atoms with E-state index in [9.17, 15) is 19.8 Å². The molecule has 0 aliphatic carbocycles. The molecule has 0 rings (SSSR count). The second-order valence-electron chi connectivity index (χ2n) is 24.6. The van der Waals surface area contributed by atoms with Gasteiger partial charge in [-0.1, -0.05) is 339 Å². The highest BCUT2D eigenvalue weighted by molar-refractivity contribution is 5.76. The molecule has 0 aliphatic rings. The maximum Gasteiger partial charge on any atom is 0.305 e. The van der Waals surface area contributed by atoms with Crippen LogP contribution in [0.4, 0.5) is 0 Å². The second-order valence-corrected chi connectivity index (χ2v) is 24.6. The van der Waals surface area contributed by atoms with E-state index in [1.807, 2.05) is 0 Å². The first-order valence-corrected chi connectivity index (χ1v) is 35.7. The molecule has 0 spiro atoms. The zero-order valence-corrected chi connectivity index (χ0v) is 53.4. The van der Waals surface area contributed by atoms with Crippen LogP contribution in [0.2, 0.25) is 0 Å². The standard InChI is InChI=1S/C73H139NO5/c1-3-5-7-9-11-13-15-17-19-20-21-32-35-38-41-45-49-53-57-61-65-71(76)70(69-75)74-72(77)66-62-58-54-50-46-42-39-36-33-30-28-26-24-22-23-25-27-29-31-34-37-40-44-48-52-56-60-64-68-79-73(78)67-63-59-55-51-47-43-18-16-14-12-10-8-6-4-2/h10,12,16,18,22-23,70-71,75-76H,3-9,11,13-15,17,19-21,24-69H2,1-2H3,(H,74,77)/b12-10-,18-16-,23-22-. The van der Waals surface area contributed by atoms with Gasteiger partial charge in [-0.2, -0.15) is 0 Å². The number of carbonyl (C=O) groups is 2. The van der Waals surface area contributed by atoms with Crippen LogP contribution in [0.5, 0.6) is 0 Å². The fourth-order valence-electron chi connectivity index (χ4n) is 11.2. The summed E-state index contributed by atoms with van der Waals surface area (Å²) in [4.78, 5) is 24.6. The zero-order valence-electron chi connectivity index (χ0n) is 53.4. The van der Waals surface area contributed by atoms with Gasteiger partial charge in [-0.3, -0.25) is 9.59 Å². The highest BCUT2D eigenvalue weighted by atomic mass is 16.5. The summed E-state index contributed by atoms with van der Waals surface area (Å²) in [7, 11) is 0. The molecule has 0 aromatic carbocycles. The van der Waals surface area contributed by atoms with Gasteiger partial charge in [0.25, 0.3) is 0 Å². The maximum atomic E-state index is 12.5. The molecule has 0 heterocycles. The van der Waals surface area contributed by atoms with Crippen molar-refractivity contribution in [3.8, 4) is 0 Å². The predicted octanol–water partition coefficient (Wildman–Crippen LogP) is 23.1. The Kier molecular flexibility index (Phi) is 66.9. The quantitative estimate of drug-likeness (QED) is 0.0320. The number of allylic oxidation sites excluding steroid dienone is 6. The van der Waals surface area contributed by atoms with E-state index in [1.54, 1.807) is 0 Å². The van der Waals surface area contributed by atoms with Gasteiger partial charge in [0, 0.05) is 12.8 Å². The van der Waals surface area contributed by atoms with E-state index < -0.39 is 12.1 Å². The minimum atomic E-state index is -0.665. The molecular formula is C73H139NO5. The molecule has 0 aliphatic heterocycles. The number of esters is 1. The minimum Gasteiger partial charge on any atom is -0.466 e. The second kappa shape index (κ2) is 68.6. The summed E-state index contributed by atoms with van der Waals surface area (Å²) >= 11 is 0. The van der Waals surface area contributed by atoms with Crippen LogP contribution >= 0.6 is 0 Å². The fraction of sp³-hybridized carbons (Fsp3) is 0.890. The Balaban J connectivity index is 3.38. The van der Waals surface area contributed by atoms with E-state index in [-0.39, 0.29) is 18.5 Å². The zero-order chi connectivity index (χ0) is 57.1. The Bertz CT molecular complexity index is 1280. The number of hydrogen-bond donors (Lipinski definition) is 3. The normalized spacial score (nSPS) is 12.7. The molecule has 6 nitrogen and oxygen atoms in total. The van der Waals surface area contributed by atoms with Gasteiger partial charge < -0.3 is 20.3 Å². The van der Waals surface area contributed by atoms with Crippen LogP contribution in [0.1, 0.15) is 393 Å². The molecule has 0 fully saturated rings. The largest absolute Gasteiger partial charge is 0.466 e. The summed E-state index contributed by atoms with van der Waals surface area (Å²) < 4.78 is 5.48. The first kappa shape index (κ1) is 77.1. The number of carbonyl (C=O) groups excluding carboxylic acids is 2. The van der Waals surface area contributed by atoms with Gasteiger partial charge in [0.2, 0.25) is 5.91 Å². The highest BCUT2D eigenvalue weighted by Crippen LogP contribution is 2.19. The number of aliphatic hydroxyl groups excluding tert-OH is 2. The van der Waals surface area contributed by atoms with E-state index in [0.717, 1.165) is 51.4 Å². The van der Waals surface area contributed by atoms with Crippen LogP contribution in [0, 0.1) is 0 Å². The lowest BCUT2D eigenvalue weighted by Gasteiger charge is -2.22. The summed E-state index contributed by atoms with van der Waals surface area (Å²) in [6.45, 7) is 4.94. The molecule has 79 heavy (non-hydrogen) atoms. The molecule has 2 unspecified atom stereocenters. The van der Waals surface area contributed by atoms with Crippen LogP contribution in [-0.2, 0) is 14.3 Å². The topological polar surface area (TPSA) is 95.9 Å². The van der Waals surface area contributed by atoms with E-state index in [1.165, 1.54) is 308 Å². The molecule has 0 radical (unpaired) electrons. The number of amides is 1. The van der Waals surface area contributed by atoms with Crippen molar-refractivity contribution in [3.05, 3.63) is 36.5 Å². The fourth-order valence-corrected chi connectivity index (χ4v) is 11.2.